The molecule has 1 heterocycles. The van der Waals surface area contributed by atoms with Crippen molar-refractivity contribution in [2.24, 2.45) is 0 Å². The van der Waals surface area contributed by atoms with Crippen LogP contribution in [0.2, 0.25) is 0 Å². The van der Waals surface area contributed by atoms with Gasteiger partial charge >= 0.3 is 5.97 Å². The molecule has 0 saturated carbocycles. The highest BCUT2D eigenvalue weighted by Crippen LogP contribution is 2.40. The average molecular weight is 270 g/mol. The standard InChI is InChI=1S/C16H14O4/c1-18-12-9-7-11(8-10-12)14-15(20-14)16(17)19-13-5-3-2-4-6-13/h2-10,14-15H,1H3. The van der Waals surface area contributed by atoms with E-state index in [0.717, 1.165) is 11.3 Å². The number of rotatable bonds is 4. The van der Waals surface area contributed by atoms with Crippen LogP contribution in [0.5, 0.6) is 11.5 Å². The van der Waals surface area contributed by atoms with E-state index in [9.17, 15) is 4.79 Å². The topological polar surface area (TPSA) is 48.1 Å². The highest BCUT2D eigenvalue weighted by Gasteiger charge is 2.47. The van der Waals surface area contributed by atoms with Crippen LogP contribution in [0.1, 0.15) is 11.7 Å². The van der Waals surface area contributed by atoms with Gasteiger partial charge in [0, 0.05) is 0 Å². The predicted octanol–water partition coefficient (Wildman–Crippen LogP) is 2.74. The highest BCUT2D eigenvalue weighted by atomic mass is 16.6. The number of carbonyl (C=O) groups is 1. The Hall–Kier alpha value is -2.33. The summed E-state index contributed by atoms with van der Waals surface area (Å²) in [6, 6.07) is 16.4. The second-order valence-electron chi connectivity index (χ2n) is 4.48. The van der Waals surface area contributed by atoms with Crippen molar-refractivity contribution >= 4 is 5.97 Å². The number of epoxide rings is 1. The quantitative estimate of drug-likeness (QED) is 0.487. The Morgan fingerprint density at radius 2 is 1.70 bits per heavy atom. The van der Waals surface area contributed by atoms with Crippen molar-refractivity contribution in [2.75, 3.05) is 7.11 Å². The zero-order valence-electron chi connectivity index (χ0n) is 11.0. The predicted molar refractivity (Wildman–Crippen MR) is 72.7 cm³/mol. The van der Waals surface area contributed by atoms with Crippen molar-refractivity contribution in [3.05, 3.63) is 60.2 Å². The van der Waals surface area contributed by atoms with E-state index < -0.39 is 6.10 Å². The minimum absolute atomic E-state index is 0.225. The first-order valence-electron chi connectivity index (χ1n) is 6.34. The van der Waals surface area contributed by atoms with Gasteiger partial charge in [-0.15, -0.1) is 0 Å². The van der Waals surface area contributed by atoms with Crippen LogP contribution >= 0.6 is 0 Å². The molecular formula is C16H14O4. The lowest BCUT2D eigenvalue weighted by molar-refractivity contribution is -0.135. The number of benzene rings is 2. The Morgan fingerprint density at radius 3 is 2.35 bits per heavy atom. The summed E-state index contributed by atoms with van der Waals surface area (Å²) >= 11 is 0. The van der Waals surface area contributed by atoms with E-state index in [1.165, 1.54) is 0 Å². The molecule has 1 aliphatic rings. The summed E-state index contributed by atoms with van der Waals surface area (Å²) in [7, 11) is 1.61. The van der Waals surface area contributed by atoms with Crippen LogP contribution in [0.15, 0.2) is 54.6 Å². The van der Waals surface area contributed by atoms with Crippen LogP contribution in [0.4, 0.5) is 0 Å². The molecule has 3 rings (SSSR count). The summed E-state index contributed by atoms with van der Waals surface area (Å²) in [4.78, 5) is 11.9. The van der Waals surface area contributed by atoms with E-state index in [1.54, 1.807) is 19.2 Å². The van der Waals surface area contributed by atoms with Crippen molar-refractivity contribution < 1.29 is 19.0 Å². The number of methoxy groups -OCH3 is 1. The van der Waals surface area contributed by atoms with Gasteiger partial charge in [-0.1, -0.05) is 30.3 Å². The van der Waals surface area contributed by atoms with E-state index in [0.29, 0.717) is 5.75 Å². The van der Waals surface area contributed by atoms with Crippen LogP contribution in [-0.4, -0.2) is 19.2 Å². The van der Waals surface area contributed by atoms with E-state index in [2.05, 4.69) is 0 Å². The molecule has 1 fully saturated rings. The second-order valence-corrected chi connectivity index (χ2v) is 4.48. The number of para-hydroxylation sites is 1. The lowest BCUT2D eigenvalue weighted by Crippen LogP contribution is -2.15. The Labute approximate surface area is 116 Å². The van der Waals surface area contributed by atoms with Gasteiger partial charge in [-0.2, -0.15) is 0 Å². The third-order valence-corrected chi connectivity index (χ3v) is 3.13. The maximum Gasteiger partial charge on any atom is 0.343 e. The van der Waals surface area contributed by atoms with Crippen LogP contribution in [0.25, 0.3) is 0 Å². The van der Waals surface area contributed by atoms with Crippen LogP contribution < -0.4 is 9.47 Å². The smallest absolute Gasteiger partial charge is 0.343 e. The fourth-order valence-corrected chi connectivity index (χ4v) is 2.00. The highest BCUT2D eigenvalue weighted by molar-refractivity contribution is 5.80. The maximum absolute atomic E-state index is 11.9. The van der Waals surface area contributed by atoms with Gasteiger partial charge in [0.25, 0.3) is 0 Å². The minimum atomic E-state index is -0.524. The summed E-state index contributed by atoms with van der Waals surface area (Å²) in [5.41, 5.74) is 0.945. The number of esters is 1. The van der Waals surface area contributed by atoms with Crippen LogP contribution in [0.3, 0.4) is 0 Å². The van der Waals surface area contributed by atoms with Gasteiger partial charge in [0.2, 0.25) is 0 Å². The molecule has 1 aliphatic heterocycles. The van der Waals surface area contributed by atoms with Crippen molar-refractivity contribution in [2.45, 2.75) is 12.2 Å². The van der Waals surface area contributed by atoms with Crippen LogP contribution in [0, 0.1) is 0 Å². The molecule has 1 saturated heterocycles. The minimum Gasteiger partial charge on any atom is -0.497 e. The second kappa shape index (κ2) is 5.35. The molecule has 2 unspecified atom stereocenters. The molecule has 2 aromatic rings. The van der Waals surface area contributed by atoms with E-state index in [1.807, 2.05) is 42.5 Å². The molecule has 2 atom stereocenters. The SMILES string of the molecule is COc1ccc(C2OC2C(=O)Oc2ccccc2)cc1. The van der Waals surface area contributed by atoms with Gasteiger partial charge in [-0.05, 0) is 29.8 Å². The fraction of sp³-hybridized carbons (Fsp3) is 0.188. The zero-order valence-corrected chi connectivity index (χ0v) is 11.0. The summed E-state index contributed by atoms with van der Waals surface area (Å²) in [6.45, 7) is 0. The molecule has 0 aliphatic carbocycles. The van der Waals surface area contributed by atoms with Gasteiger partial charge in [0.05, 0.1) is 7.11 Å². The monoisotopic (exact) mass is 270 g/mol. The number of carbonyl (C=O) groups excluding carboxylic acids is 1. The summed E-state index contributed by atoms with van der Waals surface area (Å²) in [5, 5.41) is 0. The molecule has 0 spiro atoms. The number of hydrogen-bond donors (Lipinski definition) is 0. The first-order valence-corrected chi connectivity index (χ1v) is 6.34. The molecule has 0 aromatic heterocycles. The molecule has 102 valence electrons. The van der Waals surface area contributed by atoms with Crippen molar-refractivity contribution in [3.8, 4) is 11.5 Å². The summed E-state index contributed by atoms with van der Waals surface area (Å²) < 4.78 is 15.7. The summed E-state index contributed by atoms with van der Waals surface area (Å²) in [5.74, 6) is 0.941. The Bertz CT molecular complexity index is 592. The molecular weight excluding hydrogens is 256 g/mol. The van der Waals surface area contributed by atoms with Gasteiger partial charge in [0.15, 0.2) is 6.10 Å². The lowest BCUT2D eigenvalue weighted by atomic mass is 10.1. The van der Waals surface area contributed by atoms with Crippen molar-refractivity contribution in [1.29, 1.82) is 0 Å². The van der Waals surface area contributed by atoms with E-state index in [4.69, 9.17) is 14.2 Å². The van der Waals surface area contributed by atoms with Crippen molar-refractivity contribution in [1.82, 2.24) is 0 Å². The van der Waals surface area contributed by atoms with Gasteiger partial charge in [-0.25, -0.2) is 4.79 Å². The molecule has 0 N–H and O–H groups in total. The summed E-state index contributed by atoms with van der Waals surface area (Å²) in [6.07, 6.45) is -0.749. The number of ether oxygens (including phenoxy) is 3. The zero-order chi connectivity index (χ0) is 13.9. The van der Waals surface area contributed by atoms with E-state index in [-0.39, 0.29) is 12.1 Å². The van der Waals surface area contributed by atoms with Crippen molar-refractivity contribution in [3.63, 3.8) is 0 Å². The first-order chi connectivity index (χ1) is 9.78. The average Bonchev–Trinajstić information content (AvgIpc) is 3.29. The van der Waals surface area contributed by atoms with E-state index >= 15 is 0 Å². The first kappa shape index (κ1) is 12.7. The fourth-order valence-electron chi connectivity index (χ4n) is 2.00. The van der Waals surface area contributed by atoms with Gasteiger partial charge < -0.3 is 14.2 Å². The third kappa shape index (κ3) is 2.65. The molecule has 4 nitrogen and oxygen atoms in total. The molecule has 0 bridgehead atoms. The largest absolute Gasteiger partial charge is 0.497 e. The Morgan fingerprint density at radius 1 is 1.00 bits per heavy atom. The molecule has 4 heteroatoms. The maximum atomic E-state index is 11.9. The molecule has 2 aromatic carbocycles. The molecule has 20 heavy (non-hydrogen) atoms. The number of hydrogen-bond acceptors (Lipinski definition) is 4. The Kier molecular flexibility index (Phi) is 3.39. The third-order valence-electron chi connectivity index (χ3n) is 3.13. The Balaban J connectivity index is 1.62. The molecule has 0 amide bonds. The molecule has 0 radical (unpaired) electrons. The normalized spacial score (nSPS) is 20.2. The van der Waals surface area contributed by atoms with Gasteiger partial charge in [0.1, 0.15) is 17.6 Å². The van der Waals surface area contributed by atoms with Gasteiger partial charge in [-0.3, -0.25) is 0 Å². The van der Waals surface area contributed by atoms with Crippen LogP contribution in [-0.2, 0) is 9.53 Å². The lowest BCUT2D eigenvalue weighted by Gasteiger charge is -2.02.